The van der Waals surface area contributed by atoms with Crippen molar-refractivity contribution in [2.75, 3.05) is 48.1 Å². The first-order valence-electron chi connectivity index (χ1n) is 18.5. The molecule has 0 amide bonds. The predicted molar refractivity (Wildman–Crippen MR) is 217 cm³/mol. The Balaban J connectivity index is 1.39. The van der Waals surface area contributed by atoms with Crippen molar-refractivity contribution in [3.63, 3.8) is 0 Å². The monoisotopic (exact) mass is 808 g/mol. The van der Waals surface area contributed by atoms with Gasteiger partial charge in [-0.1, -0.05) is 36.4 Å². The fraction of sp³-hybridized carbons (Fsp3) is 0.400. The lowest BCUT2D eigenvalue weighted by molar-refractivity contribution is -0.175. The van der Waals surface area contributed by atoms with Gasteiger partial charge in [-0.3, -0.25) is 19.4 Å². The average Bonchev–Trinajstić information content (AvgIpc) is 3.13. The highest BCUT2D eigenvalue weighted by atomic mass is 32.2. The van der Waals surface area contributed by atoms with E-state index >= 15 is 0 Å². The van der Waals surface area contributed by atoms with E-state index in [-0.39, 0.29) is 0 Å². The number of sulfonamides is 2. The second-order valence-corrected chi connectivity index (χ2v) is 17.1. The number of aryl methyl sites for hydroxylation is 2. The van der Waals surface area contributed by atoms with Gasteiger partial charge in [-0.25, -0.2) is 26.4 Å². The third kappa shape index (κ3) is 16.5. The lowest BCUT2D eigenvalue weighted by Gasteiger charge is -2.21. The largest absolute Gasteiger partial charge is 0.449 e. The number of ether oxygens (including phenoxy) is 2. The summed E-state index contributed by atoms with van der Waals surface area (Å²) in [5, 5.41) is 6.76. The summed E-state index contributed by atoms with van der Waals surface area (Å²) in [6.07, 6.45) is 3.89. The number of hydrogen-bond acceptors (Lipinski definition) is 12. The molecule has 0 saturated carbocycles. The van der Waals surface area contributed by atoms with Gasteiger partial charge in [-0.05, 0) is 112 Å². The van der Waals surface area contributed by atoms with Crippen molar-refractivity contribution in [3.8, 4) is 0 Å². The Morgan fingerprint density at radius 1 is 0.571 bits per heavy atom. The van der Waals surface area contributed by atoms with Gasteiger partial charge in [0, 0.05) is 60.1 Å². The number of rotatable bonds is 22. The quantitative estimate of drug-likeness (QED) is 0.0476. The maximum Gasteiger partial charge on any atom is 0.418 e. The van der Waals surface area contributed by atoms with E-state index in [9.17, 15) is 26.4 Å². The summed E-state index contributed by atoms with van der Waals surface area (Å²) in [5.74, 6) is -2.34. The molecule has 0 aliphatic rings. The highest BCUT2D eigenvalue weighted by Gasteiger charge is 2.27. The summed E-state index contributed by atoms with van der Waals surface area (Å²) < 4.78 is 63.3. The number of pyridine rings is 2. The van der Waals surface area contributed by atoms with Crippen LogP contribution in [0.2, 0.25) is 0 Å². The summed E-state index contributed by atoms with van der Waals surface area (Å²) in [6.45, 7) is 6.51. The van der Waals surface area contributed by atoms with Crippen LogP contribution in [0, 0.1) is 13.8 Å². The molecule has 2 unspecified atom stereocenters. The van der Waals surface area contributed by atoms with Crippen LogP contribution in [-0.4, -0.2) is 77.4 Å². The number of anilines is 2. The molecule has 0 fully saturated rings. The second kappa shape index (κ2) is 21.4. The first-order chi connectivity index (χ1) is 26.6. The zero-order valence-corrected chi connectivity index (χ0v) is 33.9. The number of carbonyl (C=O) groups is 2. The van der Waals surface area contributed by atoms with Crippen molar-refractivity contribution in [1.29, 1.82) is 0 Å². The minimum atomic E-state index is -3.50. The number of esters is 2. The smallest absolute Gasteiger partial charge is 0.418 e. The molecule has 0 spiro atoms. The molecule has 14 nitrogen and oxygen atoms in total. The van der Waals surface area contributed by atoms with Gasteiger partial charge in [-0.15, -0.1) is 0 Å². The van der Waals surface area contributed by atoms with Crippen molar-refractivity contribution < 1.29 is 35.9 Å². The van der Waals surface area contributed by atoms with E-state index in [2.05, 4.69) is 30.0 Å². The Bertz CT molecular complexity index is 1950. The van der Waals surface area contributed by atoms with Gasteiger partial charge in [0.15, 0.2) is 0 Å². The Hall–Kier alpha value is -4.90. The fourth-order valence-corrected chi connectivity index (χ4v) is 7.02. The highest BCUT2D eigenvalue weighted by Crippen LogP contribution is 2.28. The van der Waals surface area contributed by atoms with Crippen LogP contribution in [0.1, 0.15) is 71.8 Å². The van der Waals surface area contributed by atoms with Gasteiger partial charge in [0.1, 0.15) is 12.2 Å². The maximum atomic E-state index is 13.3. The van der Waals surface area contributed by atoms with Crippen LogP contribution in [0.4, 0.5) is 11.4 Å². The SMILES string of the molecule is Cc1cccc(CCNCCCC(OC(=O)C(=O)OC(CCCNCCc2cccc(C)n2)c2ccc(NS(C)(=O)=O)cc2)c2ccc(NS(C)(=O)=O)cc2)n1. The van der Waals surface area contributed by atoms with Crippen molar-refractivity contribution in [1.82, 2.24) is 20.6 Å². The molecule has 2 aromatic carbocycles. The second-order valence-electron chi connectivity index (χ2n) is 13.6. The van der Waals surface area contributed by atoms with Gasteiger partial charge < -0.3 is 20.1 Å². The minimum absolute atomic E-state index is 0.342. The molecule has 0 saturated heterocycles. The van der Waals surface area contributed by atoms with Gasteiger partial charge >= 0.3 is 11.9 Å². The Morgan fingerprint density at radius 3 is 1.29 bits per heavy atom. The lowest BCUT2D eigenvalue weighted by atomic mass is 10.0. The molecule has 2 heterocycles. The van der Waals surface area contributed by atoms with E-state index in [0.29, 0.717) is 74.4 Å². The molecule has 56 heavy (non-hydrogen) atoms. The number of hydrogen-bond donors (Lipinski definition) is 4. The van der Waals surface area contributed by atoms with E-state index in [1.807, 2.05) is 50.2 Å². The molecule has 4 aromatic rings. The van der Waals surface area contributed by atoms with Crippen LogP contribution >= 0.6 is 0 Å². The lowest BCUT2D eigenvalue weighted by Crippen LogP contribution is -2.26. The van der Waals surface area contributed by atoms with Crippen molar-refractivity contribution in [2.24, 2.45) is 0 Å². The number of carbonyl (C=O) groups excluding carboxylic acids is 2. The van der Waals surface area contributed by atoms with Gasteiger partial charge in [0.25, 0.3) is 0 Å². The molecule has 302 valence electrons. The molecule has 2 aromatic heterocycles. The van der Waals surface area contributed by atoms with Crippen LogP contribution in [0.15, 0.2) is 84.9 Å². The zero-order chi connectivity index (χ0) is 40.6. The molecule has 0 aliphatic carbocycles. The highest BCUT2D eigenvalue weighted by molar-refractivity contribution is 7.92. The molecule has 0 bridgehead atoms. The number of aromatic nitrogens is 2. The molecule has 0 radical (unpaired) electrons. The first kappa shape index (κ1) is 43.8. The van der Waals surface area contributed by atoms with E-state index in [4.69, 9.17) is 9.47 Å². The number of nitrogens with one attached hydrogen (secondary N) is 4. The topological polar surface area (TPSA) is 195 Å². The number of benzene rings is 2. The summed E-state index contributed by atoms with van der Waals surface area (Å²) in [7, 11) is -7.00. The molecular weight excluding hydrogens is 757 g/mol. The van der Waals surface area contributed by atoms with E-state index in [1.54, 1.807) is 48.5 Å². The van der Waals surface area contributed by atoms with Crippen LogP contribution < -0.4 is 20.1 Å². The minimum Gasteiger partial charge on any atom is -0.449 e. The number of nitrogens with zero attached hydrogens (tertiary/aromatic N) is 2. The fourth-order valence-electron chi connectivity index (χ4n) is 5.89. The van der Waals surface area contributed by atoms with Gasteiger partial charge in [-0.2, -0.15) is 0 Å². The zero-order valence-electron chi connectivity index (χ0n) is 32.3. The Morgan fingerprint density at radius 2 is 0.946 bits per heavy atom. The predicted octanol–water partition coefficient (Wildman–Crippen LogP) is 4.93. The molecule has 4 rings (SSSR count). The van der Waals surface area contributed by atoms with E-state index in [0.717, 1.165) is 48.1 Å². The summed E-state index contributed by atoms with van der Waals surface area (Å²) in [6, 6.07) is 24.6. The third-order valence-electron chi connectivity index (χ3n) is 8.48. The molecule has 16 heteroatoms. The summed E-state index contributed by atoms with van der Waals surface area (Å²) in [5.41, 5.74) is 5.71. The molecule has 0 aliphatic heterocycles. The van der Waals surface area contributed by atoms with E-state index in [1.165, 1.54) is 0 Å². The van der Waals surface area contributed by atoms with Crippen molar-refractivity contribution in [3.05, 3.63) is 119 Å². The van der Waals surface area contributed by atoms with Crippen molar-refractivity contribution in [2.45, 2.75) is 64.6 Å². The normalized spacial score (nSPS) is 12.7. The average molecular weight is 809 g/mol. The van der Waals surface area contributed by atoms with Crippen LogP contribution in [-0.2, 0) is 52.0 Å². The van der Waals surface area contributed by atoms with Crippen LogP contribution in [0.5, 0.6) is 0 Å². The Labute approximate surface area is 330 Å². The standard InChI is InChI=1S/C40H52N6O8S2/c1-29-9-5-11-33(43-29)23-27-41-25-7-13-37(31-15-19-35(20-16-31)45-55(3,49)50)53-39(47)40(48)54-38(32-17-21-36(22-18-32)46-56(4,51)52)14-8-26-42-28-24-34-12-6-10-30(2)44-34/h5-6,9-12,15-22,37-38,41-42,45-46H,7-8,13-14,23-28H2,1-4H3. The van der Waals surface area contributed by atoms with Crippen molar-refractivity contribution >= 4 is 43.4 Å². The molecule has 4 N–H and O–H groups in total. The maximum absolute atomic E-state index is 13.3. The molecular formula is C40H52N6O8S2. The Kier molecular flexibility index (Phi) is 16.8. The molecule has 2 atom stereocenters. The van der Waals surface area contributed by atoms with Crippen LogP contribution in [0.25, 0.3) is 0 Å². The van der Waals surface area contributed by atoms with Gasteiger partial charge in [0.05, 0.1) is 12.5 Å². The van der Waals surface area contributed by atoms with E-state index < -0.39 is 44.2 Å². The van der Waals surface area contributed by atoms with Crippen LogP contribution in [0.3, 0.4) is 0 Å². The van der Waals surface area contributed by atoms with Gasteiger partial charge in [0.2, 0.25) is 20.0 Å². The third-order valence-corrected chi connectivity index (χ3v) is 9.70. The summed E-state index contributed by atoms with van der Waals surface area (Å²) in [4.78, 5) is 35.7. The summed E-state index contributed by atoms with van der Waals surface area (Å²) >= 11 is 0. The first-order valence-corrected chi connectivity index (χ1v) is 22.3.